The predicted molar refractivity (Wildman–Crippen MR) is 162 cm³/mol. The first kappa shape index (κ1) is 32.6. The van der Waals surface area contributed by atoms with Crippen molar-refractivity contribution in [3.63, 3.8) is 0 Å². The van der Waals surface area contributed by atoms with Crippen molar-refractivity contribution in [2.45, 2.75) is 25.6 Å². The zero-order valence-electron chi connectivity index (χ0n) is 25.0. The van der Waals surface area contributed by atoms with Crippen LogP contribution in [-0.4, -0.2) is 114 Å². The van der Waals surface area contributed by atoms with Crippen LogP contribution in [0.5, 0.6) is 0 Å². The Kier molecular flexibility index (Phi) is 10.2. The number of carbonyl (C=O) groups is 2. The lowest BCUT2D eigenvalue weighted by Crippen LogP contribution is -2.50. The molecule has 1 unspecified atom stereocenters. The standard InChI is InChI=1S/C29H35ClF3N9O3/c1-19-17-41(9-8-39(19)2)25-5-4-20(14-23(25)36-27(43)21-16-35-26(30)15-22(21)29(31,32)33)42-18-24(37-38-42)28(44)34-6-3-7-40-10-12-45-13-11-40/h4-5,14-16,18-19H,3,6-13,17H2,1-2H3,(H,34,44)(H,36,43). The fraction of sp³-hybridized carbons (Fsp3) is 0.483. The highest BCUT2D eigenvalue weighted by Gasteiger charge is 2.36. The molecule has 0 spiro atoms. The minimum absolute atomic E-state index is 0.103. The molecule has 2 fully saturated rings. The number of benzene rings is 1. The first-order chi connectivity index (χ1) is 21.5. The Hall–Kier alpha value is -3.79. The molecule has 0 saturated carbocycles. The Morgan fingerprint density at radius 3 is 2.62 bits per heavy atom. The second kappa shape index (κ2) is 14.1. The SMILES string of the molecule is CC1CN(c2ccc(-n3cc(C(=O)NCCCN4CCOCC4)nn3)cc2NC(=O)c2cnc(Cl)cc2C(F)(F)F)CCN1C. The van der Waals surface area contributed by atoms with Gasteiger partial charge in [-0.3, -0.25) is 14.5 Å². The van der Waals surface area contributed by atoms with Crippen molar-refractivity contribution in [2.24, 2.45) is 0 Å². The number of likely N-dealkylation sites (N-methyl/N-ethyl adjacent to an activating group) is 1. The van der Waals surface area contributed by atoms with Crippen molar-refractivity contribution >= 4 is 34.8 Å². The van der Waals surface area contributed by atoms with Gasteiger partial charge in [-0.1, -0.05) is 16.8 Å². The molecule has 0 aliphatic carbocycles. The van der Waals surface area contributed by atoms with Crippen LogP contribution in [0.3, 0.4) is 0 Å². The minimum Gasteiger partial charge on any atom is -0.379 e. The molecule has 1 aromatic carbocycles. The zero-order valence-corrected chi connectivity index (χ0v) is 25.7. The van der Waals surface area contributed by atoms with Crippen LogP contribution in [0.4, 0.5) is 24.5 Å². The van der Waals surface area contributed by atoms with Crippen LogP contribution < -0.4 is 15.5 Å². The predicted octanol–water partition coefficient (Wildman–Crippen LogP) is 3.18. The molecule has 242 valence electrons. The maximum atomic E-state index is 13.8. The number of hydrogen-bond donors (Lipinski definition) is 2. The normalized spacial score (nSPS) is 18.2. The van der Waals surface area contributed by atoms with Crippen molar-refractivity contribution in [3.8, 4) is 5.69 Å². The van der Waals surface area contributed by atoms with Gasteiger partial charge in [-0.2, -0.15) is 13.2 Å². The number of carbonyl (C=O) groups excluding carboxylic acids is 2. The molecule has 45 heavy (non-hydrogen) atoms. The molecule has 2 amide bonds. The van der Waals surface area contributed by atoms with Gasteiger partial charge in [-0.15, -0.1) is 5.10 Å². The lowest BCUT2D eigenvalue weighted by molar-refractivity contribution is -0.138. The number of halogens is 4. The summed E-state index contributed by atoms with van der Waals surface area (Å²) in [5.41, 5.74) is -0.416. The number of ether oxygens (including phenoxy) is 1. The van der Waals surface area contributed by atoms with Gasteiger partial charge < -0.3 is 25.2 Å². The Morgan fingerprint density at radius 1 is 1.11 bits per heavy atom. The summed E-state index contributed by atoms with van der Waals surface area (Å²) in [6, 6.07) is 5.93. The summed E-state index contributed by atoms with van der Waals surface area (Å²) in [6.45, 7) is 8.58. The number of alkyl halides is 3. The molecule has 12 nitrogen and oxygen atoms in total. The van der Waals surface area contributed by atoms with E-state index in [9.17, 15) is 22.8 Å². The summed E-state index contributed by atoms with van der Waals surface area (Å²) in [5.74, 6) is -1.38. The van der Waals surface area contributed by atoms with Crippen LogP contribution in [0.2, 0.25) is 5.15 Å². The maximum Gasteiger partial charge on any atom is 0.417 e. The van der Waals surface area contributed by atoms with Gasteiger partial charge in [-0.05, 0) is 51.2 Å². The molecule has 2 aliphatic heterocycles. The summed E-state index contributed by atoms with van der Waals surface area (Å²) in [4.78, 5) is 36.3. The fourth-order valence-electron chi connectivity index (χ4n) is 5.26. The zero-order chi connectivity index (χ0) is 32.1. The van der Waals surface area contributed by atoms with Crippen molar-refractivity contribution < 1.29 is 27.5 Å². The number of nitrogens with one attached hydrogen (secondary N) is 2. The molecule has 3 aromatic rings. The number of aromatic nitrogens is 4. The van der Waals surface area contributed by atoms with Gasteiger partial charge >= 0.3 is 6.18 Å². The molecule has 2 aromatic heterocycles. The van der Waals surface area contributed by atoms with Crippen LogP contribution in [0, 0.1) is 0 Å². The van der Waals surface area contributed by atoms with Crippen molar-refractivity contribution in [2.75, 3.05) is 76.3 Å². The average molecular weight is 650 g/mol. The quantitative estimate of drug-likeness (QED) is 0.266. The lowest BCUT2D eigenvalue weighted by Gasteiger charge is -2.39. The lowest BCUT2D eigenvalue weighted by atomic mass is 10.1. The van der Waals surface area contributed by atoms with Crippen LogP contribution in [0.25, 0.3) is 5.69 Å². The Morgan fingerprint density at radius 2 is 1.89 bits per heavy atom. The van der Waals surface area contributed by atoms with E-state index in [-0.39, 0.29) is 28.5 Å². The number of morpholine rings is 1. The summed E-state index contributed by atoms with van der Waals surface area (Å²) >= 11 is 5.72. The van der Waals surface area contributed by atoms with E-state index < -0.39 is 23.2 Å². The van der Waals surface area contributed by atoms with Gasteiger partial charge in [0.05, 0.1) is 47.6 Å². The summed E-state index contributed by atoms with van der Waals surface area (Å²) < 4.78 is 48.1. The number of rotatable bonds is 9. The van der Waals surface area contributed by atoms with Gasteiger partial charge in [0.1, 0.15) is 5.15 Å². The third-order valence-corrected chi connectivity index (χ3v) is 8.19. The summed E-state index contributed by atoms with van der Waals surface area (Å²) in [5, 5.41) is 13.2. The van der Waals surface area contributed by atoms with E-state index in [4.69, 9.17) is 16.3 Å². The van der Waals surface area contributed by atoms with Gasteiger partial charge in [0.15, 0.2) is 5.69 Å². The number of amides is 2. The molecular weight excluding hydrogens is 615 g/mol. The smallest absolute Gasteiger partial charge is 0.379 e. The summed E-state index contributed by atoms with van der Waals surface area (Å²) in [6.07, 6.45) is -1.78. The van der Waals surface area contributed by atoms with E-state index in [0.717, 1.165) is 38.8 Å². The van der Waals surface area contributed by atoms with E-state index >= 15 is 0 Å². The van der Waals surface area contributed by atoms with E-state index in [1.54, 1.807) is 18.2 Å². The van der Waals surface area contributed by atoms with E-state index in [1.165, 1.54) is 10.9 Å². The second-order valence-electron chi connectivity index (χ2n) is 11.1. The Bertz CT molecular complexity index is 1510. The molecule has 2 aliphatic rings. The Balaban J connectivity index is 1.35. The van der Waals surface area contributed by atoms with E-state index in [1.807, 2.05) is 7.05 Å². The highest BCUT2D eigenvalue weighted by Crippen LogP contribution is 2.35. The van der Waals surface area contributed by atoms with Crippen LogP contribution in [-0.2, 0) is 10.9 Å². The van der Waals surface area contributed by atoms with Gasteiger partial charge in [0.25, 0.3) is 11.8 Å². The highest BCUT2D eigenvalue weighted by atomic mass is 35.5. The van der Waals surface area contributed by atoms with Crippen molar-refractivity contribution in [1.82, 2.24) is 35.1 Å². The van der Waals surface area contributed by atoms with Gasteiger partial charge in [-0.25, -0.2) is 9.67 Å². The number of hydrogen-bond acceptors (Lipinski definition) is 9. The average Bonchev–Trinajstić information content (AvgIpc) is 3.51. The molecule has 16 heteroatoms. The molecule has 1 atom stereocenters. The first-order valence-corrected chi connectivity index (χ1v) is 15.0. The van der Waals surface area contributed by atoms with E-state index in [2.05, 4.69) is 47.6 Å². The summed E-state index contributed by atoms with van der Waals surface area (Å²) in [7, 11) is 2.02. The number of anilines is 2. The number of nitrogens with zero attached hydrogens (tertiary/aromatic N) is 7. The highest BCUT2D eigenvalue weighted by molar-refractivity contribution is 6.29. The third kappa shape index (κ3) is 8.09. The van der Waals surface area contributed by atoms with Crippen molar-refractivity contribution in [3.05, 3.63) is 58.6 Å². The largest absolute Gasteiger partial charge is 0.417 e. The van der Waals surface area contributed by atoms with Gasteiger partial charge in [0, 0.05) is 51.5 Å². The Labute approximate surface area is 263 Å². The van der Waals surface area contributed by atoms with Crippen LogP contribution in [0.15, 0.2) is 36.7 Å². The van der Waals surface area contributed by atoms with E-state index in [0.29, 0.717) is 50.3 Å². The molecular formula is C29H35ClF3N9O3. The molecule has 0 radical (unpaired) electrons. The molecule has 0 bridgehead atoms. The number of pyridine rings is 1. The molecule has 5 rings (SSSR count). The molecule has 4 heterocycles. The molecule has 2 saturated heterocycles. The van der Waals surface area contributed by atoms with Gasteiger partial charge in [0.2, 0.25) is 0 Å². The van der Waals surface area contributed by atoms with Crippen LogP contribution >= 0.6 is 11.6 Å². The topological polar surface area (TPSA) is 121 Å². The molecule has 2 N–H and O–H groups in total. The third-order valence-electron chi connectivity index (χ3n) is 7.98. The monoisotopic (exact) mass is 649 g/mol. The fourth-order valence-corrected chi connectivity index (χ4v) is 5.42. The second-order valence-corrected chi connectivity index (χ2v) is 11.5. The number of piperazine rings is 1. The minimum atomic E-state index is -4.82. The maximum absolute atomic E-state index is 13.8. The first-order valence-electron chi connectivity index (χ1n) is 14.6. The van der Waals surface area contributed by atoms with Crippen molar-refractivity contribution in [1.29, 1.82) is 0 Å². The van der Waals surface area contributed by atoms with Crippen LogP contribution in [0.1, 0.15) is 39.8 Å².